The van der Waals surface area contributed by atoms with Gasteiger partial charge >= 0.3 is 0 Å². The largest absolute Gasteiger partial charge is 0.325 e. The van der Waals surface area contributed by atoms with Gasteiger partial charge in [0.2, 0.25) is 0 Å². The molecule has 1 heteroatoms. The van der Waals surface area contributed by atoms with Gasteiger partial charge in [0.25, 0.3) is 0 Å². The maximum atomic E-state index is 6.42. The molecule has 1 nitrogen and oxygen atoms in total. The van der Waals surface area contributed by atoms with Crippen LogP contribution in [-0.2, 0) is 0 Å². The minimum absolute atomic E-state index is 0.180. The Morgan fingerprint density at radius 3 is 1.87 bits per heavy atom. The number of hydrogen-bond donors (Lipinski definition) is 1. The molecule has 0 radical (unpaired) electrons. The molecule has 0 heterocycles. The van der Waals surface area contributed by atoms with Crippen molar-refractivity contribution in [2.24, 2.45) is 22.5 Å². The standard InChI is InChI=1S/C14H27N/c1-12(2)7-5-11(6-8-12)13(3,4)14(15)9-10-14/h11H,5-10,15H2,1-4H3. The number of hydrogen-bond acceptors (Lipinski definition) is 1. The van der Waals surface area contributed by atoms with E-state index in [0.29, 0.717) is 10.8 Å². The lowest BCUT2D eigenvalue weighted by molar-refractivity contribution is 0.0701. The van der Waals surface area contributed by atoms with Gasteiger partial charge in [-0.1, -0.05) is 27.7 Å². The van der Waals surface area contributed by atoms with Crippen LogP contribution in [0.1, 0.15) is 66.2 Å². The van der Waals surface area contributed by atoms with E-state index in [1.165, 1.54) is 38.5 Å². The van der Waals surface area contributed by atoms with E-state index in [1.807, 2.05) is 0 Å². The van der Waals surface area contributed by atoms with Gasteiger partial charge in [0.15, 0.2) is 0 Å². The molecule has 2 rings (SSSR count). The molecule has 2 fully saturated rings. The fourth-order valence-corrected chi connectivity index (χ4v) is 3.31. The highest BCUT2D eigenvalue weighted by Gasteiger charge is 2.54. The first kappa shape index (κ1) is 11.4. The van der Waals surface area contributed by atoms with Crippen molar-refractivity contribution < 1.29 is 0 Å². The summed E-state index contributed by atoms with van der Waals surface area (Å²) in [5, 5.41) is 0. The van der Waals surface area contributed by atoms with Crippen molar-refractivity contribution in [3.05, 3.63) is 0 Å². The van der Waals surface area contributed by atoms with Crippen LogP contribution in [0.3, 0.4) is 0 Å². The lowest BCUT2D eigenvalue weighted by atomic mass is 9.61. The van der Waals surface area contributed by atoms with Crippen molar-refractivity contribution >= 4 is 0 Å². The maximum absolute atomic E-state index is 6.42. The Kier molecular flexibility index (Phi) is 2.46. The summed E-state index contributed by atoms with van der Waals surface area (Å²) in [5.74, 6) is 0.859. The molecular weight excluding hydrogens is 182 g/mol. The summed E-state index contributed by atoms with van der Waals surface area (Å²) in [6.45, 7) is 9.63. The second-order valence-corrected chi connectivity index (χ2v) is 7.32. The highest BCUT2D eigenvalue weighted by Crippen LogP contribution is 2.56. The van der Waals surface area contributed by atoms with Gasteiger partial charge < -0.3 is 5.73 Å². The molecule has 0 bridgehead atoms. The summed E-state index contributed by atoms with van der Waals surface area (Å²) < 4.78 is 0. The Bertz CT molecular complexity index is 238. The molecule has 0 saturated heterocycles. The van der Waals surface area contributed by atoms with Gasteiger partial charge in [0.1, 0.15) is 0 Å². The lowest BCUT2D eigenvalue weighted by Gasteiger charge is -2.45. The van der Waals surface area contributed by atoms with Crippen LogP contribution >= 0.6 is 0 Å². The summed E-state index contributed by atoms with van der Waals surface area (Å²) in [4.78, 5) is 0. The molecule has 2 saturated carbocycles. The van der Waals surface area contributed by atoms with E-state index >= 15 is 0 Å². The van der Waals surface area contributed by atoms with Gasteiger partial charge in [-0.3, -0.25) is 0 Å². The van der Waals surface area contributed by atoms with E-state index in [2.05, 4.69) is 27.7 Å². The summed E-state index contributed by atoms with van der Waals surface area (Å²) in [7, 11) is 0. The molecule has 0 amide bonds. The molecule has 15 heavy (non-hydrogen) atoms. The predicted octanol–water partition coefficient (Wildman–Crippen LogP) is 3.72. The van der Waals surface area contributed by atoms with Crippen molar-refractivity contribution in [2.45, 2.75) is 71.8 Å². The van der Waals surface area contributed by atoms with Crippen molar-refractivity contribution in [3.63, 3.8) is 0 Å². The fraction of sp³-hybridized carbons (Fsp3) is 1.00. The first-order chi connectivity index (χ1) is 6.77. The maximum Gasteiger partial charge on any atom is 0.0210 e. The Morgan fingerprint density at radius 2 is 1.47 bits per heavy atom. The first-order valence-corrected chi connectivity index (χ1v) is 6.56. The lowest BCUT2D eigenvalue weighted by Crippen LogP contribution is -2.46. The van der Waals surface area contributed by atoms with E-state index in [4.69, 9.17) is 5.73 Å². The SMILES string of the molecule is CC1(C)CCC(C(C)(C)C2(N)CC2)CC1. The zero-order valence-electron chi connectivity index (χ0n) is 10.9. The second kappa shape index (κ2) is 3.23. The monoisotopic (exact) mass is 209 g/mol. The van der Waals surface area contributed by atoms with E-state index in [0.717, 1.165) is 5.92 Å². The quantitative estimate of drug-likeness (QED) is 0.737. The van der Waals surface area contributed by atoms with Gasteiger partial charge in [-0.15, -0.1) is 0 Å². The van der Waals surface area contributed by atoms with Gasteiger partial charge in [-0.2, -0.15) is 0 Å². The molecule has 0 atom stereocenters. The molecule has 2 aliphatic rings. The van der Waals surface area contributed by atoms with Crippen molar-refractivity contribution in [1.82, 2.24) is 0 Å². The van der Waals surface area contributed by atoms with Gasteiger partial charge in [-0.05, 0) is 55.3 Å². The highest BCUT2D eigenvalue weighted by molar-refractivity contribution is 5.11. The predicted molar refractivity (Wildman–Crippen MR) is 65.7 cm³/mol. The molecule has 2 N–H and O–H groups in total. The Balaban J connectivity index is 2.01. The Hall–Kier alpha value is -0.0400. The van der Waals surface area contributed by atoms with E-state index in [1.54, 1.807) is 0 Å². The molecule has 0 aromatic heterocycles. The van der Waals surface area contributed by atoms with Crippen LogP contribution in [-0.4, -0.2) is 5.54 Å². The van der Waals surface area contributed by atoms with E-state index in [9.17, 15) is 0 Å². The minimum atomic E-state index is 0.180. The summed E-state index contributed by atoms with van der Waals surface area (Å²) >= 11 is 0. The molecule has 0 spiro atoms. The summed E-state index contributed by atoms with van der Waals surface area (Å²) in [6.07, 6.45) is 8.05. The molecular formula is C14H27N. The Morgan fingerprint density at radius 1 is 1.00 bits per heavy atom. The van der Waals surface area contributed by atoms with Crippen LogP contribution in [0.2, 0.25) is 0 Å². The second-order valence-electron chi connectivity index (χ2n) is 7.32. The third-order valence-corrected chi connectivity index (χ3v) is 5.43. The minimum Gasteiger partial charge on any atom is -0.325 e. The van der Waals surface area contributed by atoms with Gasteiger partial charge in [0.05, 0.1) is 0 Å². The number of rotatable bonds is 2. The van der Waals surface area contributed by atoms with E-state index in [-0.39, 0.29) is 5.54 Å². The molecule has 88 valence electrons. The third-order valence-electron chi connectivity index (χ3n) is 5.43. The molecule has 0 aromatic carbocycles. The van der Waals surface area contributed by atoms with Crippen LogP contribution in [0.4, 0.5) is 0 Å². The summed E-state index contributed by atoms with van der Waals surface area (Å²) in [6, 6.07) is 0. The van der Waals surface area contributed by atoms with Crippen molar-refractivity contribution in [3.8, 4) is 0 Å². The van der Waals surface area contributed by atoms with Gasteiger partial charge in [-0.25, -0.2) is 0 Å². The number of nitrogens with two attached hydrogens (primary N) is 1. The Labute approximate surface area is 94.8 Å². The normalized spacial score (nSPS) is 30.2. The first-order valence-electron chi connectivity index (χ1n) is 6.56. The molecule has 0 unspecified atom stereocenters. The van der Waals surface area contributed by atoms with Crippen LogP contribution in [0.15, 0.2) is 0 Å². The average Bonchev–Trinajstić information content (AvgIpc) is 2.84. The highest BCUT2D eigenvalue weighted by atomic mass is 14.9. The van der Waals surface area contributed by atoms with Crippen LogP contribution in [0.5, 0.6) is 0 Å². The smallest absolute Gasteiger partial charge is 0.0210 e. The van der Waals surface area contributed by atoms with Crippen molar-refractivity contribution in [1.29, 1.82) is 0 Å². The zero-order valence-corrected chi connectivity index (χ0v) is 10.9. The van der Waals surface area contributed by atoms with Crippen molar-refractivity contribution in [2.75, 3.05) is 0 Å². The third kappa shape index (κ3) is 1.95. The fourth-order valence-electron chi connectivity index (χ4n) is 3.31. The molecule has 0 aliphatic heterocycles. The topological polar surface area (TPSA) is 26.0 Å². The van der Waals surface area contributed by atoms with Crippen LogP contribution in [0, 0.1) is 16.7 Å². The van der Waals surface area contributed by atoms with Crippen LogP contribution < -0.4 is 5.73 Å². The zero-order chi connectivity index (χ0) is 11.3. The van der Waals surface area contributed by atoms with Gasteiger partial charge in [0, 0.05) is 5.54 Å². The molecule has 2 aliphatic carbocycles. The van der Waals surface area contributed by atoms with Crippen LogP contribution in [0.25, 0.3) is 0 Å². The summed E-state index contributed by atoms with van der Waals surface area (Å²) in [5.41, 5.74) is 7.55. The van der Waals surface area contributed by atoms with E-state index < -0.39 is 0 Å². The average molecular weight is 209 g/mol. The molecule has 0 aromatic rings.